The van der Waals surface area contributed by atoms with Crippen molar-refractivity contribution < 1.29 is 4.79 Å². The van der Waals surface area contributed by atoms with Gasteiger partial charge in [-0.05, 0) is 43.2 Å². The van der Waals surface area contributed by atoms with E-state index in [1.807, 2.05) is 25.1 Å². The van der Waals surface area contributed by atoms with Crippen molar-refractivity contribution in [3.8, 4) is 0 Å². The number of ketones is 1. The molecule has 3 heteroatoms. The molecule has 0 radical (unpaired) electrons. The molecule has 0 bridgehead atoms. The van der Waals surface area contributed by atoms with Crippen LogP contribution in [0.1, 0.15) is 28.8 Å². The Bertz CT molecular complexity index is 383. The fourth-order valence-electron chi connectivity index (χ4n) is 1.78. The molecule has 0 spiro atoms. The minimum Gasteiger partial charge on any atom is -0.293 e. The second kappa shape index (κ2) is 4.58. The number of carbonyl (C=O) groups is 1. The maximum absolute atomic E-state index is 12.1. The van der Waals surface area contributed by atoms with E-state index in [4.69, 9.17) is 11.6 Å². The largest absolute Gasteiger partial charge is 0.293 e. The molecule has 1 fully saturated rings. The number of aryl methyl sites for hydroxylation is 1. The van der Waals surface area contributed by atoms with Crippen LogP contribution in [-0.4, -0.2) is 16.8 Å². The summed E-state index contributed by atoms with van der Waals surface area (Å²) in [6.07, 6.45) is 2.14. The summed E-state index contributed by atoms with van der Waals surface area (Å²) in [5, 5.41) is 0.720. The Hall–Kier alpha value is -0.470. The average molecular weight is 241 g/mol. The van der Waals surface area contributed by atoms with Crippen LogP contribution >= 0.6 is 23.4 Å². The van der Waals surface area contributed by atoms with E-state index in [1.165, 1.54) is 0 Å². The molecule has 1 atom stereocenters. The molecule has 0 N–H and O–H groups in total. The number of halogens is 1. The molecule has 1 saturated heterocycles. The lowest BCUT2D eigenvalue weighted by molar-refractivity contribution is 0.0988. The van der Waals surface area contributed by atoms with E-state index >= 15 is 0 Å². The van der Waals surface area contributed by atoms with Gasteiger partial charge in [-0.15, -0.1) is 0 Å². The minimum absolute atomic E-state index is 0.130. The summed E-state index contributed by atoms with van der Waals surface area (Å²) >= 11 is 7.82. The van der Waals surface area contributed by atoms with Crippen LogP contribution < -0.4 is 0 Å². The highest BCUT2D eigenvalue weighted by Gasteiger charge is 2.25. The van der Waals surface area contributed by atoms with E-state index in [2.05, 4.69) is 0 Å². The lowest BCUT2D eigenvalue weighted by atomic mass is 10.0. The van der Waals surface area contributed by atoms with Gasteiger partial charge in [0.05, 0.1) is 10.3 Å². The Labute approximate surface area is 99.2 Å². The van der Waals surface area contributed by atoms with E-state index in [9.17, 15) is 4.79 Å². The van der Waals surface area contributed by atoms with Crippen LogP contribution in [0.2, 0.25) is 5.02 Å². The number of thioether (sulfide) groups is 1. The second-order valence-corrected chi connectivity index (χ2v) is 5.57. The molecule has 15 heavy (non-hydrogen) atoms. The van der Waals surface area contributed by atoms with Gasteiger partial charge in [0.2, 0.25) is 0 Å². The maximum Gasteiger partial charge on any atom is 0.177 e. The van der Waals surface area contributed by atoms with Crippen molar-refractivity contribution in [2.45, 2.75) is 25.0 Å². The third-order valence-corrected chi connectivity index (χ3v) is 4.30. The van der Waals surface area contributed by atoms with Gasteiger partial charge in [-0.2, -0.15) is 11.8 Å². The molecule has 0 aliphatic carbocycles. The molecule has 2 rings (SSSR count). The molecule has 1 aliphatic rings. The molecule has 1 aromatic rings. The highest BCUT2D eigenvalue weighted by atomic mass is 35.5. The van der Waals surface area contributed by atoms with Crippen molar-refractivity contribution >= 4 is 29.1 Å². The molecular formula is C12H13ClOS. The van der Waals surface area contributed by atoms with E-state index in [-0.39, 0.29) is 11.0 Å². The first-order valence-electron chi connectivity index (χ1n) is 5.10. The Balaban J connectivity index is 2.24. The molecule has 0 saturated carbocycles. The molecule has 0 amide bonds. The molecule has 1 aliphatic heterocycles. The number of hydrogen-bond acceptors (Lipinski definition) is 2. The summed E-state index contributed by atoms with van der Waals surface area (Å²) in [6.45, 7) is 1.98. The Kier molecular flexibility index (Phi) is 3.37. The molecular weight excluding hydrogens is 228 g/mol. The van der Waals surface area contributed by atoms with Gasteiger partial charge in [0, 0.05) is 5.56 Å². The van der Waals surface area contributed by atoms with Crippen molar-refractivity contribution in [2.75, 3.05) is 5.75 Å². The van der Waals surface area contributed by atoms with Crippen molar-refractivity contribution in [1.82, 2.24) is 0 Å². The fourth-order valence-corrected chi connectivity index (χ4v) is 3.34. The predicted molar refractivity (Wildman–Crippen MR) is 66.0 cm³/mol. The van der Waals surface area contributed by atoms with Gasteiger partial charge in [0.15, 0.2) is 5.78 Å². The Morgan fingerprint density at radius 3 is 2.93 bits per heavy atom. The molecule has 0 aromatic heterocycles. The van der Waals surface area contributed by atoms with Gasteiger partial charge in [0.1, 0.15) is 0 Å². The van der Waals surface area contributed by atoms with Crippen LogP contribution in [0.3, 0.4) is 0 Å². The topological polar surface area (TPSA) is 17.1 Å². The van der Waals surface area contributed by atoms with Crippen LogP contribution in [0.25, 0.3) is 0 Å². The van der Waals surface area contributed by atoms with E-state index in [0.717, 1.165) is 24.2 Å². The fraction of sp³-hybridized carbons (Fsp3) is 0.417. The monoisotopic (exact) mass is 240 g/mol. The quantitative estimate of drug-likeness (QED) is 0.733. The van der Waals surface area contributed by atoms with Crippen molar-refractivity contribution in [1.29, 1.82) is 0 Å². The zero-order chi connectivity index (χ0) is 10.8. The van der Waals surface area contributed by atoms with Crippen molar-refractivity contribution in [2.24, 2.45) is 0 Å². The third kappa shape index (κ3) is 2.37. The van der Waals surface area contributed by atoms with E-state index < -0.39 is 0 Å². The SMILES string of the molecule is Cc1ccc(C(=O)C2CCCS2)c(Cl)c1. The zero-order valence-electron chi connectivity index (χ0n) is 8.63. The van der Waals surface area contributed by atoms with Gasteiger partial charge in [-0.1, -0.05) is 17.7 Å². The molecule has 1 nitrogen and oxygen atoms in total. The van der Waals surface area contributed by atoms with Crippen molar-refractivity contribution in [3.63, 3.8) is 0 Å². The zero-order valence-corrected chi connectivity index (χ0v) is 10.2. The standard InChI is InChI=1S/C12H13ClOS/c1-8-4-5-9(10(13)7-8)12(14)11-3-2-6-15-11/h4-5,7,11H,2-3,6H2,1H3. The van der Waals surface area contributed by atoms with E-state index in [1.54, 1.807) is 11.8 Å². The number of Topliss-reactive ketones (excluding diaryl/α,β-unsaturated/α-hetero) is 1. The van der Waals surface area contributed by atoms with Crippen LogP contribution in [0.4, 0.5) is 0 Å². The lowest BCUT2D eigenvalue weighted by Gasteiger charge is -2.09. The first-order valence-corrected chi connectivity index (χ1v) is 6.53. The molecule has 80 valence electrons. The third-order valence-electron chi connectivity index (χ3n) is 2.61. The highest BCUT2D eigenvalue weighted by molar-refractivity contribution is 8.00. The van der Waals surface area contributed by atoms with Gasteiger partial charge in [-0.3, -0.25) is 4.79 Å². The summed E-state index contributed by atoms with van der Waals surface area (Å²) in [5.74, 6) is 1.29. The number of benzene rings is 1. The van der Waals surface area contributed by atoms with Crippen LogP contribution in [0.5, 0.6) is 0 Å². The number of rotatable bonds is 2. The van der Waals surface area contributed by atoms with Crippen molar-refractivity contribution in [3.05, 3.63) is 34.3 Å². The normalized spacial score (nSPS) is 20.5. The van der Waals surface area contributed by atoms with Gasteiger partial charge >= 0.3 is 0 Å². The smallest absolute Gasteiger partial charge is 0.177 e. The van der Waals surface area contributed by atoms with Gasteiger partial charge in [-0.25, -0.2) is 0 Å². The summed E-state index contributed by atoms with van der Waals surface area (Å²) in [5.41, 5.74) is 1.78. The van der Waals surface area contributed by atoms with Crippen LogP contribution in [-0.2, 0) is 0 Å². The van der Waals surface area contributed by atoms with Gasteiger partial charge in [0.25, 0.3) is 0 Å². The molecule has 1 unspecified atom stereocenters. The maximum atomic E-state index is 12.1. The minimum atomic E-state index is 0.130. The summed E-state index contributed by atoms with van der Waals surface area (Å²) in [7, 11) is 0. The number of carbonyl (C=O) groups excluding carboxylic acids is 1. The van der Waals surface area contributed by atoms with Gasteiger partial charge < -0.3 is 0 Å². The summed E-state index contributed by atoms with van der Waals surface area (Å²) < 4.78 is 0. The number of hydrogen-bond donors (Lipinski definition) is 0. The first kappa shape index (κ1) is 11.0. The second-order valence-electron chi connectivity index (χ2n) is 3.85. The molecule has 1 heterocycles. The summed E-state index contributed by atoms with van der Waals surface area (Å²) in [6, 6.07) is 5.64. The Morgan fingerprint density at radius 1 is 1.53 bits per heavy atom. The van der Waals surface area contributed by atoms with Crippen LogP contribution in [0, 0.1) is 6.92 Å². The average Bonchev–Trinajstić information content (AvgIpc) is 2.69. The lowest BCUT2D eigenvalue weighted by Crippen LogP contribution is -2.14. The highest BCUT2D eigenvalue weighted by Crippen LogP contribution is 2.31. The van der Waals surface area contributed by atoms with E-state index in [0.29, 0.717) is 10.6 Å². The summed E-state index contributed by atoms with van der Waals surface area (Å²) in [4.78, 5) is 12.1. The Morgan fingerprint density at radius 2 is 2.33 bits per heavy atom. The molecule has 1 aromatic carbocycles. The first-order chi connectivity index (χ1) is 7.18. The van der Waals surface area contributed by atoms with Crippen LogP contribution in [0.15, 0.2) is 18.2 Å². The predicted octanol–water partition coefficient (Wildman–Crippen LogP) is 3.73.